The van der Waals surface area contributed by atoms with Crippen LogP contribution in [0.2, 0.25) is 0 Å². The van der Waals surface area contributed by atoms with Crippen LogP contribution in [0.25, 0.3) is 0 Å². The highest BCUT2D eigenvalue weighted by Gasteiger charge is 2.14. The van der Waals surface area contributed by atoms with Crippen molar-refractivity contribution in [1.82, 2.24) is 10.2 Å². The van der Waals surface area contributed by atoms with Crippen molar-refractivity contribution in [2.24, 2.45) is 0 Å². The monoisotopic (exact) mass is 296 g/mol. The Morgan fingerprint density at radius 1 is 1.38 bits per heavy atom. The molecule has 1 aliphatic rings. The summed E-state index contributed by atoms with van der Waals surface area (Å²) in [4.78, 5) is 2.30. The van der Waals surface area contributed by atoms with E-state index in [2.05, 4.69) is 24.1 Å². The van der Waals surface area contributed by atoms with Crippen LogP contribution in [-0.4, -0.2) is 50.9 Å². The van der Waals surface area contributed by atoms with Gasteiger partial charge in [-0.05, 0) is 19.5 Å². The molecule has 2 rings (SSSR count). The molecule has 1 aromatic carbocycles. The first-order valence-electron chi connectivity index (χ1n) is 7.66. The van der Waals surface area contributed by atoms with E-state index in [9.17, 15) is 4.39 Å². The largest absolute Gasteiger partial charge is 0.492 e. The zero-order valence-electron chi connectivity index (χ0n) is 12.9. The van der Waals surface area contributed by atoms with Crippen LogP contribution in [0, 0.1) is 5.82 Å². The van der Waals surface area contributed by atoms with E-state index < -0.39 is 0 Å². The maximum atomic E-state index is 13.5. The van der Waals surface area contributed by atoms with Crippen LogP contribution in [0.3, 0.4) is 0 Å². The molecule has 1 atom stereocenters. The second kappa shape index (κ2) is 8.32. The lowest BCUT2D eigenvalue weighted by molar-refractivity contribution is 0.0321. The number of morpholine rings is 1. The molecule has 1 fully saturated rings. The molecule has 1 unspecified atom stereocenters. The summed E-state index contributed by atoms with van der Waals surface area (Å²) >= 11 is 0. The van der Waals surface area contributed by atoms with Gasteiger partial charge in [-0.1, -0.05) is 13.0 Å². The van der Waals surface area contributed by atoms with Crippen molar-refractivity contribution in [1.29, 1.82) is 0 Å². The predicted molar refractivity (Wildman–Crippen MR) is 81.2 cm³/mol. The van der Waals surface area contributed by atoms with Gasteiger partial charge in [-0.15, -0.1) is 0 Å². The normalized spacial score (nSPS) is 17.7. The molecule has 1 saturated heterocycles. The van der Waals surface area contributed by atoms with E-state index >= 15 is 0 Å². The van der Waals surface area contributed by atoms with E-state index in [4.69, 9.17) is 9.47 Å². The first kappa shape index (κ1) is 16.2. The molecule has 0 aliphatic carbocycles. The molecule has 5 heteroatoms. The Hall–Kier alpha value is -1.17. The van der Waals surface area contributed by atoms with Gasteiger partial charge in [0.15, 0.2) is 0 Å². The van der Waals surface area contributed by atoms with E-state index in [1.54, 1.807) is 6.07 Å². The minimum absolute atomic E-state index is 0.147. The minimum Gasteiger partial charge on any atom is -0.492 e. The number of hydrogen-bond donors (Lipinski definition) is 1. The number of benzene rings is 1. The number of ether oxygens (including phenoxy) is 2. The quantitative estimate of drug-likeness (QED) is 0.836. The summed E-state index contributed by atoms with van der Waals surface area (Å²) in [5.41, 5.74) is 1.00. The second-order valence-corrected chi connectivity index (χ2v) is 5.26. The Kier molecular flexibility index (Phi) is 6.42. The number of halogens is 1. The summed E-state index contributed by atoms with van der Waals surface area (Å²) in [6, 6.07) is 4.90. The smallest absolute Gasteiger partial charge is 0.127 e. The Bertz CT molecular complexity index is 436. The van der Waals surface area contributed by atoms with Crippen molar-refractivity contribution in [2.75, 3.05) is 46.0 Å². The van der Waals surface area contributed by atoms with Crippen molar-refractivity contribution < 1.29 is 13.9 Å². The third-order valence-corrected chi connectivity index (χ3v) is 3.72. The Labute approximate surface area is 126 Å². The summed E-state index contributed by atoms with van der Waals surface area (Å²) in [6.45, 7) is 9.83. The highest BCUT2D eigenvalue weighted by Crippen LogP contribution is 2.26. The van der Waals surface area contributed by atoms with Crippen LogP contribution in [0.15, 0.2) is 18.2 Å². The van der Waals surface area contributed by atoms with E-state index in [1.807, 2.05) is 0 Å². The standard InChI is InChI=1S/C16H25FN2O2/c1-3-18-13(2)15-5-4-14(17)12-16(15)21-11-8-19-6-9-20-10-7-19/h4-5,12-13,18H,3,6-11H2,1-2H3. The van der Waals surface area contributed by atoms with E-state index in [0.29, 0.717) is 12.4 Å². The third-order valence-electron chi connectivity index (χ3n) is 3.72. The summed E-state index contributed by atoms with van der Waals surface area (Å²) in [5, 5.41) is 3.33. The molecule has 21 heavy (non-hydrogen) atoms. The molecule has 1 heterocycles. The van der Waals surface area contributed by atoms with Gasteiger partial charge < -0.3 is 14.8 Å². The van der Waals surface area contributed by atoms with Crippen molar-refractivity contribution >= 4 is 0 Å². The molecule has 0 radical (unpaired) electrons. The van der Waals surface area contributed by atoms with Crippen molar-refractivity contribution in [2.45, 2.75) is 19.9 Å². The molecule has 0 bridgehead atoms. The van der Waals surface area contributed by atoms with Gasteiger partial charge in [0.05, 0.1) is 13.2 Å². The van der Waals surface area contributed by atoms with E-state index in [-0.39, 0.29) is 11.9 Å². The maximum absolute atomic E-state index is 13.5. The lowest BCUT2D eigenvalue weighted by Crippen LogP contribution is -2.38. The lowest BCUT2D eigenvalue weighted by Gasteiger charge is -2.26. The predicted octanol–water partition coefficient (Wildman–Crippen LogP) is 2.21. The zero-order chi connectivity index (χ0) is 15.1. The molecule has 1 N–H and O–H groups in total. The van der Waals surface area contributed by atoms with Gasteiger partial charge in [-0.3, -0.25) is 4.90 Å². The minimum atomic E-state index is -0.260. The van der Waals surface area contributed by atoms with Gasteiger partial charge in [-0.2, -0.15) is 0 Å². The fourth-order valence-electron chi connectivity index (χ4n) is 2.52. The molecule has 0 saturated carbocycles. The van der Waals surface area contributed by atoms with Crippen LogP contribution >= 0.6 is 0 Å². The van der Waals surface area contributed by atoms with E-state index in [0.717, 1.165) is 45.0 Å². The number of nitrogens with one attached hydrogen (secondary N) is 1. The van der Waals surface area contributed by atoms with Gasteiger partial charge in [-0.25, -0.2) is 4.39 Å². The molecule has 4 nitrogen and oxygen atoms in total. The Balaban J connectivity index is 1.92. The molecular weight excluding hydrogens is 271 g/mol. The first-order valence-corrected chi connectivity index (χ1v) is 7.66. The van der Waals surface area contributed by atoms with Gasteiger partial charge in [0.25, 0.3) is 0 Å². The number of hydrogen-bond acceptors (Lipinski definition) is 4. The number of rotatable bonds is 7. The van der Waals surface area contributed by atoms with Crippen molar-refractivity contribution in [3.8, 4) is 5.75 Å². The van der Waals surface area contributed by atoms with Crippen LogP contribution in [0.4, 0.5) is 4.39 Å². The van der Waals surface area contributed by atoms with Gasteiger partial charge in [0.1, 0.15) is 18.2 Å². The molecule has 0 aromatic heterocycles. The SMILES string of the molecule is CCNC(C)c1ccc(F)cc1OCCN1CCOCC1. The van der Waals surface area contributed by atoms with Gasteiger partial charge in [0, 0.05) is 37.3 Å². The van der Waals surface area contributed by atoms with Crippen molar-refractivity contribution in [3.05, 3.63) is 29.6 Å². The average Bonchev–Trinajstić information content (AvgIpc) is 2.49. The molecule has 118 valence electrons. The Morgan fingerprint density at radius 3 is 2.86 bits per heavy atom. The third kappa shape index (κ3) is 4.95. The van der Waals surface area contributed by atoms with Crippen LogP contribution in [-0.2, 0) is 4.74 Å². The molecule has 0 spiro atoms. The molecule has 1 aliphatic heterocycles. The molecular formula is C16H25FN2O2. The maximum Gasteiger partial charge on any atom is 0.127 e. The topological polar surface area (TPSA) is 33.7 Å². The second-order valence-electron chi connectivity index (χ2n) is 5.26. The first-order chi connectivity index (χ1) is 10.2. The van der Waals surface area contributed by atoms with Crippen LogP contribution < -0.4 is 10.1 Å². The zero-order valence-corrected chi connectivity index (χ0v) is 12.9. The number of nitrogens with zero attached hydrogens (tertiary/aromatic N) is 1. The van der Waals surface area contributed by atoms with Gasteiger partial charge in [0.2, 0.25) is 0 Å². The fourth-order valence-corrected chi connectivity index (χ4v) is 2.52. The summed E-state index contributed by atoms with van der Waals surface area (Å²) in [5.74, 6) is 0.375. The van der Waals surface area contributed by atoms with E-state index in [1.165, 1.54) is 12.1 Å². The van der Waals surface area contributed by atoms with Gasteiger partial charge >= 0.3 is 0 Å². The van der Waals surface area contributed by atoms with Crippen molar-refractivity contribution in [3.63, 3.8) is 0 Å². The fraction of sp³-hybridized carbons (Fsp3) is 0.625. The summed E-state index contributed by atoms with van der Waals surface area (Å²) in [6.07, 6.45) is 0. The molecule has 0 amide bonds. The summed E-state index contributed by atoms with van der Waals surface area (Å²) in [7, 11) is 0. The average molecular weight is 296 g/mol. The summed E-state index contributed by atoms with van der Waals surface area (Å²) < 4.78 is 24.6. The highest BCUT2D eigenvalue weighted by molar-refractivity contribution is 5.36. The van der Waals surface area contributed by atoms with Crippen LogP contribution in [0.1, 0.15) is 25.5 Å². The Morgan fingerprint density at radius 2 is 2.14 bits per heavy atom. The highest BCUT2D eigenvalue weighted by atomic mass is 19.1. The van der Waals surface area contributed by atoms with Crippen LogP contribution in [0.5, 0.6) is 5.75 Å². The molecule has 1 aromatic rings. The lowest BCUT2D eigenvalue weighted by atomic mass is 10.1.